The van der Waals surface area contributed by atoms with Gasteiger partial charge in [-0.3, -0.25) is 9.59 Å². The van der Waals surface area contributed by atoms with Gasteiger partial charge in [0.15, 0.2) is 0 Å². The Morgan fingerprint density at radius 3 is 3.00 bits per heavy atom. The van der Waals surface area contributed by atoms with E-state index in [-0.39, 0.29) is 17.7 Å². The molecule has 5 heteroatoms. The molecule has 1 amide bonds. The van der Waals surface area contributed by atoms with Crippen LogP contribution >= 0.6 is 11.3 Å². The van der Waals surface area contributed by atoms with Crippen LogP contribution in [0.1, 0.15) is 24.1 Å². The van der Waals surface area contributed by atoms with Gasteiger partial charge in [0.05, 0.1) is 5.92 Å². The smallest absolute Gasteiger partial charge is 0.306 e. The lowest BCUT2D eigenvalue weighted by Crippen LogP contribution is -2.32. The first-order valence-electron chi connectivity index (χ1n) is 6.39. The molecule has 2 unspecified atom stereocenters. The summed E-state index contributed by atoms with van der Waals surface area (Å²) in [6.07, 6.45) is 5.80. The summed E-state index contributed by atoms with van der Waals surface area (Å²) in [6.45, 7) is 0.449. The van der Waals surface area contributed by atoms with Crippen LogP contribution in [0.5, 0.6) is 0 Å². The molecule has 1 aromatic heterocycles. The minimum atomic E-state index is -0.745. The molecule has 2 rings (SSSR count). The fraction of sp³-hybridized carbons (Fsp3) is 0.429. The van der Waals surface area contributed by atoms with Crippen LogP contribution in [0.25, 0.3) is 6.08 Å². The first-order chi connectivity index (χ1) is 9.16. The van der Waals surface area contributed by atoms with Crippen molar-refractivity contribution < 1.29 is 14.7 Å². The summed E-state index contributed by atoms with van der Waals surface area (Å²) < 4.78 is 0. The predicted molar refractivity (Wildman–Crippen MR) is 74.8 cm³/mol. The SMILES string of the molecule is O=C(C=Cc1cccs1)NCC1CCCC1C(=O)O. The number of carboxylic acids is 1. The Hall–Kier alpha value is -1.62. The van der Waals surface area contributed by atoms with Gasteiger partial charge >= 0.3 is 5.97 Å². The summed E-state index contributed by atoms with van der Waals surface area (Å²) in [4.78, 5) is 23.7. The molecule has 0 bridgehead atoms. The second kappa shape index (κ2) is 6.52. The maximum absolute atomic E-state index is 11.6. The van der Waals surface area contributed by atoms with Gasteiger partial charge in [-0.2, -0.15) is 0 Å². The first-order valence-corrected chi connectivity index (χ1v) is 7.27. The van der Waals surface area contributed by atoms with Crippen LogP contribution in [0.15, 0.2) is 23.6 Å². The maximum Gasteiger partial charge on any atom is 0.306 e. The van der Waals surface area contributed by atoms with Crippen LogP contribution in [0.4, 0.5) is 0 Å². The van der Waals surface area contributed by atoms with E-state index in [4.69, 9.17) is 5.11 Å². The second-order valence-electron chi connectivity index (χ2n) is 4.73. The molecule has 0 aliphatic heterocycles. The fourth-order valence-electron chi connectivity index (χ4n) is 2.44. The Morgan fingerprint density at radius 2 is 2.32 bits per heavy atom. The molecule has 0 aromatic carbocycles. The monoisotopic (exact) mass is 279 g/mol. The highest BCUT2D eigenvalue weighted by atomic mass is 32.1. The van der Waals surface area contributed by atoms with Gasteiger partial charge < -0.3 is 10.4 Å². The highest BCUT2D eigenvalue weighted by molar-refractivity contribution is 7.10. The number of rotatable bonds is 5. The van der Waals surface area contributed by atoms with Crippen molar-refractivity contribution in [1.82, 2.24) is 5.32 Å². The molecule has 1 saturated carbocycles. The topological polar surface area (TPSA) is 66.4 Å². The van der Waals surface area contributed by atoms with Crippen molar-refractivity contribution in [2.45, 2.75) is 19.3 Å². The standard InChI is InChI=1S/C14H17NO3S/c16-13(7-6-11-4-2-8-19-11)15-9-10-3-1-5-12(10)14(17)18/h2,4,6-8,10,12H,1,3,5,9H2,(H,15,16)(H,17,18). The van der Waals surface area contributed by atoms with E-state index in [1.807, 2.05) is 17.5 Å². The molecule has 2 atom stereocenters. The molecular formula is C14H17NO3S. The van der Waals surface area contributed by atoms with Crippen molar-refractivity contribution in [3.63, 3.8) is 0 Å². The van der Waals surface area contributed by atoms with E-state index in [9.17, 15) is 9.59 Å². The summed E-state index contributed by atoms with van der Waals surface area (Å²) >= 11 is 1.57. The van der Waals surface area contributed by atoms with E-state index >= 15 is 0 Å². The second-order valence-corrected chi connectivity index (χ2v) is 5.71. The summed E-state index contributed by atoms with van der Waals surface area (Å²) in [6, 6.07) is 3.87. The Bertz CT molecular complexity index is 467. The highest BCUT2D eigenvalue weighted by Gasteiger charge is 2.32. The molecule has 0 spiro atoms. The lowest BCUT2D eigenvalue weighted by molar-refractivity contribution is -0.143. The zero-order valence-corrected chi connectivity index (χ0v) is 11.4. The number of aliphatic carboxylic acids is 1. The average Bonchev–Trinajstić information content (AvgIpc) is 3.04. The molecule has 2 N–H and O–H groups in total. The quantitative estimate of drug-likeness (QED) is 0.813. The third kappa shape index (κ3) is 3.92. The maximum atomic E-state index is 11.6. The number of carbonyl (C=O) groups excluding carboxylic acids is 1. The molecule has 0 radical (unpaired) electrons. The van der Waals surface area contributed by atoms with Crippen LogP contribution in [0, 0.1) is 11.8 Å². The lowest BCUT2D eigenvalue weighted by Gasteiger charge is -2.15. The third-order valence-corrected chi connectivity index (χ3v) is 4.29. The van der Waals surface area contributed by atoms with Crippen molar-refractivity contribution in [3.05, 3.63) is 28.5 Å². The van der Waals surface area contributed by atoms with Gasteiger partial charge in [0.1, 0.15) is 0 Å². The van der Waals surface area contributed by atoms with Gasteiger partial charge in [0.25, 0.3) is 0 Å². The van der Waals surface area contributed by atoms with E-state index in [1.165, 1.54) is 6.08 Å². The molecule has 4 nitrogen and oxygen atoms in total. The van der Waals surface area contributed by atoms with Gasteiger partial charge in [-0.1, -0.05) is 12.5 Å². The molecule has 1 aliphatic carbocycles. The molecule has 1 aromatic rings. The lowest BCUT2D eigenvalue weighted by atomic mass is 9.96. The van der Waals surface area contributed by atoms with E-state index in [0.717, 1.165) is 24.1 Å². The molecule has 1 fully saturated rings. The molecule has 19 heavy (non-hydrogen) atoms. The first kappa shape index (κ1) is 13.8. The number of hydrogen-bond acceptors (Lipinski definition) is 3. The third-order valence-electron chi connectivity index (χ3n) is 3.46. The molecule has 1 heterocycles. The average molecular weight is 279 g/mol. The Kier molecular flexibility index (Phi) is 4.74. The van der Waals surface area contributed by atoms with Crippen LogP contribution in [-0.2, 0) is 9.59 Å². The molecule has 0 saturated heterocycles. The van der Waals surface area contributed by atoms with Crippen molar-refractivity contribution >= 4 is 29.3 Å². The number of carbonyl (C=O) groups is 2. The normalized spacial score (nSPS) is 22.7. The zero-order valence-electron chi connectivity index (χ0n) is 10.5. The van der Waals surface area contributed by atoms with Crippen LogP contribution in [0.3, 0.4) is 0 Å². The Morgan fingerprint density at radius 1 is 1.47 bits per heavy atom. The van der Waals surface area contributed by atoms with Crippen molar-refractivity contribution in [2.75, 3.05) is 6.54 Å². The molecule has 102 valence electrons. The van der Waals surface area contributed by atoms with Gasteiger partial charge in [0, 0.05) is 17.5 Å². The largest absolute Gasteiger partial charge is 0.481 e. The highest BCUT2D eigenvalue weighted by Crippen LogP contribution is 2.31. The number of carboxylic acid groups (broad SMARTS) is 1. The van der Waals surface area contributed by atoms with E-state index < -0.39 is 5.97 Å². The summed E-state index contributed by atoms with van der Waals surface area (Å²) in [5, 5.41) is 13.8. The molecule has 1 aliphatic rings. The van der Waals surface area contributed by atoms with E-state index in [2.05, 4.69) is 5.32 Å². The number of amides is 1. The summed E-state index contributed by atoms with van der Waals surface area (Å²) in [7, 11) is 0. The summed E-state index contributed by atoms with van der Waals surface area (Å²) in [5.41, 5.74) is 0. The fourth-order valence-corrected chi connectivity index (χ4v) is 3.06. The Balaban J connectivity index is 1.79. The van der Waals surface area contributed by atoms with Crippen LogP contribution in [0.2, 0.25) is 0 Å². The summed E-state index contributed by atoms with van der Waals surface area (Å²) in [5.74, 6) is -1.14. The van der Waals surface area contributed by atoms with Crippen LogP contribution in [-0.4, -0.2) is 23.5 Å². The van der Waals surface area contributed by atoms with Gasteiger partial charge in [-0.25, -0.2) is 0 Å². The number of nitrogens with one attached hydrogen (secondary N) is 1. The van der Waals surface area contributed by atoms with Crippen molar-refractivity contribution in [3.8, 4) is 0 Å². The van der Waals surface area contributed by atoms with E-state index in [0.29, 0.717) is 6.54 Å². The van der Waals surface area contributed by atoms with Gasteiger partial charge in [-0.15, -0.1) is 11.3 Å². The van der Waals surface area contributed by atoms with Crippen molar-refractivity contribution in [2.24, 2.45) is 11.8 Å². The van der Waals surface area contributed by atoms with Crippen LogP contribution < -0.4 is 5.32 Å². The minimum absolute atomic E-state index is 0.0663. The molecular weight excluding hydrogens is 262 g/mol. The van der Waals surface area contributed by atoms with E-state index in [1.54, 1.807) is 17.4 Å². The van der Waals surface area contributed by atoms with Gasteiger partial charge in [-0.05, 0) is 36.3 Å². The number of hydrogen-bond donors (Lipinski definition) is 2. The minimum Gasteiger partial charge on any atom is -0.481 e. The van der Waals surface area contributed by atoms with Crippen molar-refractivity contribution in [1.29, 1.82) is 0 Å². The number of thiophene rings is 1. The Labute approximate surface area is 116 Å². The van der Waals surface area contributed by atoms with Gasteiger partial charge in [0.2, 0.25) is 5.91 Å². The predicted octanol–water partition coefficient (Wildman–Crippen LogP) is 2.38. The zero-order chi connectivity index (χ0) is 13.7.